The second kappa shape index (κ2) is 10.3. The quantitative estimate of drug-likeness (QED) is 0.159. The van der Waals surface area contributed by atoms with Crippen LogP contribution in [-0.4, -0.2) is 45.0 Å². The number of carbonyl (C=O) groups is 2. The van der Waals surface area contributed by atoms with Crippen LogP contribution >= 0.6 is 0 Å². The molecule has 0 rings (SSSR count). The molecule has 0 aliphatic heterocycles. The van der Waals surface area contributed by atoms with Crippen molar-refractivity contribution in [1.29, 1.82) is 0 Å². The maximum Gasteiger partial charge on any atom is 0.317 e. The standard InChI is InChI=1S/C20H40O6Si4/c1-16(23-27(2,3)4)19(17(21)14-15-18(22)24-28(5,6)7)20(25-29(8,9)10)26-30(11,12)13/h14-15H,1H2,2-13H3/b15-14+. The van der Waals surface area contributed by atoms with E-state index in [1.54, 1.807) is 0 Å². The van der Waals surface area contributed by atoms with E-state index < -0.39 is 45.0 Å². The average molecular weight is 489 g/mol. The van der Waals surface area contributed by atoms with Gasteiger partial charge in [0.05, 0.1) is 0 Å². The summed E-state index contributed by atoms with van der Waals surface area (Å²) in [5.41, 5.74) is 0.124. The van der Waals surface area contributed by atoms with Gasteiger partial charge in [0, 0.05) is 6.08 Å². The SMILES string of the molecule is C=C(O[Si](C)(C)C)C(C(=O)/C=C/C(=O)O[Si](C)(C)C)=C(O[Si](C)(C)C)O[Si](C)(C)C. The Labute approximate surface area is 186 Å². The molecule has 0 amide bonds. The molecule has 0 atom stereocenters. The van der Waals surface area contributed by atoms with E-state index in [1.165, 1.54) is 6.08 Å². The van der Waals surface area contributed by atoms with Gasteiger partial charge in [0.25, 0.3) is 5.95 Å². The summed E-state index contributed by atoms with van der Waals surface area (Å²) in [4.78, 5) is 25.2. The summed E-state index contributed by atoms with van der Waals surface area (Å²) in [6, 6.07) is 0. The zero-order valence-corrected chi connectivity index (χ0v) is 24.8. The molecule has 0 N–H and O–H groups in total. The number of carbonyl (C=O) groups excluding carboxylic acids is 2. The fourth-order valence-corrected chi connectivity index (χ4v) is 5.01. The lowest BCUT2D eigenvalue weighted by Gasteiger charge is -2.30. The highest BCUT2D eigenvalue weighted by molar-refractivity contribution is 6.72. The normalized spacial score (nSPS) is 12.9. The van der Waals surface area contributed by atoms with Gasteiger partial charge in [-0.05, 0) is 84.6 Å². The highest BCUT2D eigenvalue weighted by Crippen LogP contribution is 2.27. The summed E-state index contributed by atoms with van der Waals surface area (Å²) in [6.45, 7) is 27.7. The molecular formula is C20H40O6Si4. The Kier molecular flexibility index (Phi) is 9.82. The summed E-state index contributed by atoms with van der Waals surface area (Å²) in [5, 5.41) is 0. The molecule has 0 aromatic heterocycles. The minimum atomic E-state index is -2.12. The first-order valence-corrected chi connectivity index (χ1v) is 23.7. The Morgan fingerprint density at radius 1 is 0.600 bits per heavy atom. The van der Waals surface area contributed by atoms with Crippen LogP contribution in [0.5, 0.6) is 0 Å². The van der Waals surface area contributed by atoms with Crippen LogP contribution in [0.3, 0.4) is 0 Å². The van der Waals surface area contributed by atoms with Gasteiger partial charge in [0.1, 0.15) is 11.3 Å². The maximum atomic E-state index is 13.2. The molecule has 172 valence electrons. The predicted molar refractivity (Wildman–Crippen MR) is 133 cm³/mol. The van der Waals surface area contributed by atoms with E-state index in [1.807, 2.05) is 78.6 Å². The van der Waals surface area contributed by atoms with Crippen molar-refractivity contribution in [3.05, 3.63) is 36.0 Å². The lowest BCUT2D eigenvalue weighted by molar-refractivity contribution is -0.129. The largest absolute Gasteiger partial charge is 0.544 e. The van der Waals surface area contributed by atoms with Crippen molar-refractivity contribution in [2.75, 3.05) is 0 Å². The Morgan fingerprint density at radius 3 is 1.30 bits per heavy atom. The molecule has 0 saturated heterocycles. The molecule has 0 radical (unpaired) electrons. The molecule has 0 heterocycles. The lowest BCUT2D eigenvalue weighted by atomic mass is 10.1. The fourth-order valence-electron chi connectivity index (χ4n) is 2.01. The minimum absolute atomic E-state index is 0.124. The molecule has 0 spiro atoms. The summed E-state index contributed by atoms with van der Waals surface area (Å²) >= 11 is 0. The van der Waals surface area contributed by atoms with E-state index in [0.717, 1.165) is 6.08 Å². The van der Waals surface area contributed by atoms with E-state index in [0.29, 0.717) is 0 Å². The Balaban J connectivity index is 6.31. The van der Waals surface area contributed by atoms with Gasteiger partial charge < -0.3 is 17.7 Å². The van der Waals surface area contributed by atoms with E-state index in [4.69, 9.17) is 17.7 Å². The van der Waals surface area contributed by atoms with Gasteiger partial charge in [-0.2, -0.15) is 0 Å². The van der Waals surface area contributed by atoms with Crippen molar-refractivity contribution in [2.24, 2.45) is 0 Å². The third-order valence-corrected chi connectivity index (χ3v) is 6.00. The van der Waals surface area contributed by atoms with Crippen LogP contribution in [0.2, 0.25) is 78.6 Å². The van der Waals surface area contributed by atoms with Crippen molar-refractivity contribution < 1.29 is 27.3 Å². The Hall–Kier alpha value is -1.37. The topological polar surface area (TPSA) is 71.1 Å². The van der Waals surface area contributed by atoms with Crippen molar-refractivity contribution in [3.8, 4) is 0 Å². The molecule has 0 aliphatic rings. The predicted octanol–water partition coefficient (Wildman–Crippen LogP) is 5.77. The number of ketones is 1. The first kappa shape index (κ1) is 28.6. The number of rotatable bonds is 11. The molecule has 0 aliphatic carbocycles. The third kappa shape index (κ3) is 13.8. The smallest absolute Gasteiger partial charge is 0.317 e. The second-order valence-corrected chi connectivity index (χ2v) is 28.7. The zero-order chi connectivity index (χ0) is 24.1. The minimum Gasteiger partial charge on any atom is -0.544 e. The molecule has 0 saturated carbocycles. The van der Waals surface area contributed by atoms with Gasteiger partial charge in [0.15, 0.2) is 5.78 Å². The molecule has 0 unspecified atom stereocenters. The summed E-state index contributed by atoms with van der Waals surface area (Å²) < 4.78 is 23.7. The van der Waals surface area contributed by atoms with E-state index in [2.05, 4.69) is 6.58 Å². The molecule has 0 bridgehead atoms. The first-order chi connectivity index (χ1) is 13.1. The maximum absolute atomic E-state index is 13.2. The van der Waals surface area contributed by atoms with Crippen LogP contribution in [-0.2, 0) is 27.3 Å². The lowest BCUT2D eigenvalue weighted by Crippen LogP contribution is -2.34. The highest BCUT2D eigenvalue weighted by Gasteiger charge is 2.32. The van der Waals surface area contributed by atoms with Gasteiger partial charge in [-0.25, -0.2) is 4.79 Å². The number of hydrogen-bond acceptors (Lipinski definition) is 6. The van der Waals surface area contributed by atoms with E-state index in [9.17, 15) is 9.59 Å². The number of hydrogen-bond donors (Lipinski definition) is 0. The van der Waals surface area contributed by atoms with Gasteiger partial charge in [-0.3, -0.25) is 4.79 Å². The van der Waals surface area contributed by atoms with E-state index in [-0.39, 0.29) is 17.3 Å². The van der Waals surface area contributed by atoms with Crippen LogP contribution in [0, 0.1) is 0 Å². The highest BCUT2D eigenvalue weighted by atomic mass is 28.4. The number of allylic oxidation sites excluding steroid dienone is 2. The molecule has 10 heteroatoms. The Morgan fingerprint density at radius 2 is 0.967 bits per heavy atom. The monoisotopic (exact) mass is 488 g/mol. The van der Waals surface area contributed by atoms with Gasteiger partial charge in [-0.1, -0.05) is 6.58 Å². The summed E-state index contributed by atoms with van der Waals surface area (Å²) in [7, 11) is -8.35. The third-order valence-electron chi connectivity index (χ3n) is 2.73. The zero-order valence-electron chi connectivity index (χ0n) is 20.8. The van der Waals surface area contributed by atoms with Crippen molar-refractivity contribution >= 4 is 45.0 Å². The molecule has 0 aromatic carbocycles. The van der Waals surface area contributed by atoms with Gasteiger partial charge >= 0.3 is 5.97 Å². The van der Waals surface area contributed by atoms with Crippen molar-refractivity contribution in [2.45, 2.75) is 78.6 Å². The van der Waals surface area contributed by atoms with Crippen molar-refractivity contribution in [1.82, 2.24) is 0 Å². The van der Waals surface area contributed by atoms with Crippen LogP contribution in [0.25, 0.3) is 0 Å². The second-order valence-electron chi connectivity index (χ2n) is 11.0. The van der Waals surface area contributed by atoms with E-state index >= 15 is 0 Å². The molecule has 0 fully saturated rings. The average Bonchev–Trinajstić information content (AvgIpc) is 2.37. The van der Waals surface area contributed by atoms with Crippen LogP contribution in [0.4, 0.5) is 0 Å². The van der Waals surface area contributed by atoms with Crippen molar-refractivity contribution in [3.63, 3.8) is 0 Å². The van der Waals surface area contributed by atoms with Crippen LogP contribution in [0.1, 0.15) is 0 Å². The van der Waals surface area contributed by atoms with Gasteiger partial charge in [0.2, 0.25) is 33.3 Å². The molecule has 30 heavy (non-hydrogen) atoms. The van der Waals surface area contributed by atoms with Crippen LogP contribution in [0.15, 0.2) is 36.0 Å². The molecular weight excluding hydrogens is 449 g/mol. The van der Waals surface area contributed by atoms with Crippen LogP contribution < -0.4 is 0 Å². The summed E-state index contributed by atoms with van der Waals surface area (Å²) in [5.74, 6) is -0.659. The molecule has 6 nitrogen and oxygen atoms in total. The molecule has 0 aromatic rings. The first-order valence-electron chi connectivity index (χ1n) is 10.1. The Bertz CT molecular complexity index is 696. The summed E-state index contributed by atoms with van der Waals surface area (Å²) in [6.07, 6.45) is 2.32. The van der Waals surface area contributed by atoms with Gasteiger partial charge in [-0.15, -0.1) is 0 Å². The fraction of sp³-hybridized carbons (Fsp3) is 0.600.